The Morgan fingerprint density at radius 1 is 1.00 bits per heavy atom. The van der Waals surface area contributed by atoms with Gasteiger partial charge >= 0.3 is 0 Å². The van der Waals surface area contributed by atoms with Gasteiger partial charge in [-0.25, -0.2) is 0 Å². The van der Waals surface area contributed by atoms with Crippen molar-refractivity contribution in [3.05, 3.63) is 0 Å². The maximum atomic E-state index is 6.06. The third-order valence-corrected chi connectivity index (χ3v) is 3.26. The minimum absolute atomic E-state index is 0.297. The van der Waals surface area contributed by atoms with Gasteiger partial charge in [0.2, 0.25) is 0 Å². The van der Waals surface area contributed by atoms with Crippen molar-refractivity contribution in [3.8, 4) is 0 Å². The predicted octanol–water partition coefficient (Wildman–Crippen LogP) is 1.32. The molecule has 0 aliphatic carbocycles. The summed E-state index contributed by atoms with van der Waals surface area (Å²) in [6, 6.07) is 0.643. The molecular weight excluding hydrogens is 186 g/mol. The summed E-state index contributed by atoms with van der Waals surface area (Å²) in [5.74, 6) is 0. The van der Waals surface area contributed by atoms with Gasteiger partial charge in [-0.15, -0.1) is 0 Å². The van der Waals surface area contributed by atoms with Crippen LogP contribution in [-0.2, 0) is 0 Å². The highest BCUT2D eigenvalue weighted by molar-refractivity contribution is 4.70. The van der Waals surface area contributed by atoms with Crippen LogP contribution < -0.4 is 11.5 Å². The van der Waals surface area contributed by atoms with Crippen molar-refractivity contribution in [1.29, 1.82) is 0 Å². The van der Waals surface area contributed by atoms with E-state index < -0.39 is 0 Å². The Morgan fingerprint density at radius 3 is 2.27 bits per heavy atom. The van der Waals surface area contributed by atoms with Crippen molar-refractivity contribution in [2.24, 2.45) is 11.5 Å². The van der Waals surface area contributed by atoms with E-state index in [-0.39, 0.29) is 0 Å². The standard InChI is InChI=1S/C12H27N3/c1-11(13)5-6-12(14)7-10-15-8-3-2-4-9-15/h11-12H,2-10,13-14H2,1H3. The fraction of sp³-hybridized carbons (Fsp3) is 1.00. The molecule has 0 aromatic carbocycles. The second-order valence-electron chi connectivity index (χ2n) is 5.01. The average molecular weight is 213 g/mol. The van der Waals surface area contributed by atoms with E-state index in [0.29, 0.717) is 12.1 Å². The Kier molecular flexibility index (Phi) is 6.22. The molecule has 0 aromatic heterocycles. The third kappa shape index (κ3) is 6.13. The van der Waals surface area contributed by atoms with E-state index in [9.17, 15) is 0 Å². The molecule has 0 spiro atoms. The molecule has 0 saturated carbocycles. The number of nitrogens with zero attached hydrogens (tertiary/aromatic N) is 1. The average Bonchev–Trinajstić information content (AvgIpc) is 2.25. The van der Waals surface area contributed by atoms with Crippen LogP contribution in [0.3, 0.4) is 0 Å². The van der Waals surface area contributed by atoms with Crippen molar-refractivity contribution in [3.63, 3.8) is 0 Å². The van der Waals surface area contributed by atoms with Crippen LogP contribution in [0.1, 0.15) is 45.4 Å². The van der Waals surface area contributed by atoms with Crippen molar-refractivity contribution in [2.45, 2.75) is 57.5 Å². The van der Waals surface area contributed by atoms with Crippen LogP contribution in [0.15, 0.2) is 0 Å². The molecule has 1 aliphatic heterocycles. The number of hydrogen-bond donors (Lipinski definition) is 2. The van der Waals surface area contributed by atoms with Crippen LogP contribution in [-0.4, -0.2) is 36.6 Å². The first-order valence-corrected chi connectivity index (χ1v) is 6.42. The van der Waals surface area contributed by atoms with Crippen molar-refractivity contribution >= 4 is 0 Å². The van der Waals surface area contributed by atoms with Crippen LogP contribution in [0.2, 0.25) is 0 Å². The van der Waals surface area contributed by atoms with Crippen LogP contribution in [0.4, 0.5) is 0 Å². The molecular formula is C12H27N3. The maximum Gasteiger partial charge on any atom is 0.00515 e. The minimum atomic E-state index is 0.297. The van der Waals surface area contributed by atoms with Crippen LogP contribution in [0, 0.1) is 0 Å². The van der Waals surface area contributed by atoms with Gasteiger partial charge in [-0.2, -0.15) is 0 Å². The zero-order valence-corrected chi connectivity index (χ0v) is 10.1. The molecule has 0 bridgehead atoms. The molecule has 0 radical (unpaired) electrons. The van der Waals surface area contributed by atoms with Gasteiger partial charge in [0, 0.05) is 12.1 Å². The first-order valence-electron chi connectivity index (χ1n) is 6.42. The van der Waals surface area contributed by atoms with E-state index in [1.54, 1.807) is 0 Å². The van der Waals surface area contributed by atoms with E-state index in [4.69, 9.17) is 11.5 Å². The van der Waals surface area contributed by atoms with Crippen molar-refractivity contribution < 1.29 is 0 Å². The molecule has 3 heteroatoms. The summed E-state index contributed by atoms with van der Waals surface area (Å²) >= 11 is 0. The lowest BCUT2D eigenvalue weighted by Crippen LogP contribution is -2.34. The molecule has 1 heterocycles. The number of piperidine rings is 1. The van der Waals surface area contributed by atoms with E-state index in [1.807, 2.05) is 0 Å². The van der Waals surface area contributed by atoms with Gasteiger partial charge in [-0.1, -0.05) is 6.42 Å². The normalized spacial score (nSPS) is 22.6. The van der Waals surface area contributed by atoms with Gasteiger partial charge in [0.25, 0.3) is 0 Å². The molecule has 2 atom stereocenters. The van der Waals surface area contributed by atoms with E-state index in [2.05, 4.69) is 11.8 Å². The first kappa shape index (κ1) is 12.9. The van der Waals surface area contributed by atoms with Crippen LogP contribution in [0.5, 0.6) is 0 Å². The van der Waals surface area contributed by atoms with Crippen LogP contribution in [0.25, 0.3) is 0 Å². The van der Waals surface area contributed by atoms with Crippen molar-refractivity contribution in [2.75, 3.05) is 19.6 Å². The summed E-state index contributed by atoms with van der Waals surface area (Å²) in [5, 5.41) is 0. The summed E-state index contributed by atoms with van der Waals surface area (Å²) in [5.41, 5.74) is 11.8. The molecule has 1 saturated heterocycles. The molecule has 0 aromatic rings. The van der Waals surface area contributed by atoms with Gasteiger partial charge in [0.1, 0.15) is 0 Å². The molecule has 0 amide bonds. The second kappa shape index (κ2) is 7.20. The highest BCUT2D eigenvalue weighted by Gasteiger charge is 2.11. The zero-order chi connectivity index (χ0) is 11.1. The molecule has 4 N–H and O–H groups in total. The highest BCUT2D eigenvalue weighted by Crippen LogP contribution is 2.10. The van der Waals surface area contributed by atoms with Crippen molar-refractivity contribution in [1.82, 2.24) is 4.90 Å². The Bertz CT molecular complexity index is 153. The van der Waals surface area contributed by atoms with E-state index >= 15 is 0 Å². The predicted molar refractivity (Wildman–Crippen MR) is 65.8 cm³/mol. The monoisotopic (exact) mass is 213 g/mol. The fourth-order valence-corrected chi connectivity index (χ4v) is 2.15. The lowest BCUT2D eigenvalue weighted by Gasteiger charge is -2.27. The molecule has 1 aliphatic rings. The van der Waals surface area contributed by atoms with Gasteiger partial charge in [-0.3, -0.25) is 0 Å². The fourth-order valence-electron chi connectivity index (χ4n) is 2.15. The molecule has 1 rings (SSSR count). The third-order valence-electron chi connectivity index (χ3n) is 3.26. The summed E-state index contributed by atoms with van der Waals surface area (Å²) in [6.07, 6.45) is 7.41. The minimum Gasteiger partial charge on any atom is -0.328 e. The molecule has 2 unspecified atom stereocenters. The maximum absolute atomic E-state index is 6.06. The Balaban J connectivity index is 2.02. The Labute approximate surface area is 94.2 Å². The first-order chi connectivity index (χ1) is 7.18. The van der Waals surface area contributed by atoms with Gasteiger partial charge in [-0.05, 0) is 58.7 Å². The summed E-state index contributed by atoms with van der Waals surface area (Å²) in [6.45, 7) is 5.79. The molecule has 3 nitrogen and oxygen atoms in total. The topological polar surface area (TPSA) is 55.3 Å². The highest BCUT2D eigenvalue weighted by atomic mass is 15.1. The second-order valence-corrected chi connectivity index (χ2v) is 5.01. The van der Waals surface area contributed by atoms with E-state index in [0.717, 1.165) is 19.3 Å². The lowest BCUT2D eigenvalue weighted by atomic mass is 10.0. The van der Waals surface area contributed by atoms with Crippen LogP contribution >= 0.6 is 0 Å². The van der Waals surface area contributed by atoms with Gasteiger partial charge in [0.05, 0.1) is 0 Å². The SMILES string of the molecule is CC(N)CCC(N)CCN1CCCCC1. The van der Waals surface area contributed by atoms with E-state index in [1.165, 1.54) is 38.9 Å². The molecule has 15 heavy (non-hydrogen) atoms. The Hall–Kier alpha value is -0.120. The quantitative estimate of drug-likeness (QED) is 0.699. The largest absolute Gasteiger partial charge is 0.328 e. The number of likely N-dealkylation sites (tertiary alicyclic amines) is 1. The lowest BCUT2D eigenvalue weighted by molar-refractivity contribution is 0.219. The smallest absolute Gasteiger partial charge is 0.00515 e. The number of rotatable bonds is 6. The summed E-state index contributed by atoms with van der Waals surface area (Å²) in [4.78, 5) is 2.55. The number of nitrogens with two attached hydrogens (primary N) is 2. The summed E-state index contributed by atoms with van der Waals surface area (Å²) in [7, 11) is 0. The number of hydrogen-bond acceptors (Lipinski definition) is 3. The van der Waals surface area contributed by atoms with Gasteiger partial charge in [0.15, 0.2) is 0 Å². The molecule has 90 valence electrons. The molecule has 1 fully saturated rings. The Morgan fingerprint density at radius 2 is 1.67 bits per heavy atom. The van der Waals surface area contributed by atoms with Gasteiger partial charge < -0.3 is 16.4 Å². The summed E-state index contributed by atoms with van der Waals surface area (Å²) < 4.78 is 0. The zero-order valence-electron chi connectivity index (χ0n) is 10.1.